The zero-order chi connectivity index (χ0) is 29.1. The molecule has 3 N–H and O–H groups in total. The molecule has 8 heteroatoms. The molecule has 0 aliphatic carbocycles. The Balaban J connectivity index is 1.22. The second-order valence-electron chi connectivity index (χ2n) is 11.8. The summed E-state index contributed by atoms with van der Waals surface area (Å²) < 4.78 is 1.96. The molecule has 0 radical (unpaired) electrons. The fourth-order valence-corrected chi connectivity index (χ4v) is 5.23. The molecule has 2 aromatic heterocycles. The van der Waals surface area contributed by atoms with Crippen LogP contribution in [0.1, 0.15) is 43.1 Å². The van der Waals surface area contributed by atoms with Crippen LogP contribution in [0.15, 0.2) is 91.4 Å². The second kappa shape index (κ2) is 11.7. The topological polar surface area (TPSA) is 86.6 Å². The lowest BCUT2D eigenvalue weighted by Crippen LogP contribution is -2.27. The van der Waals surface area contributed by atoms with Crippen molar-refractivity contribution in [3.63, 3.8) is 0 Å². The number of imidazole rings is 1. The highest BCUT2D eigenvalue weighted by molar-refractivity contribution is 6.04. The molecule has 0 bridgehead atoms. The van der Waals surface area contributed by atoms with Gasteiger partial charge in [-0.2, -0.15) is 0 Å². The van der Waals surface area contributed by atoms with Crippen LogP contribution in [0.25, 0.3) is 16.9 Å². The van der Waals surface area contributed by atoms with Crippen LogP contribution in [0.5, 0.6) is 0 Å². The summed E-state index contributed by atoms with van der Waals surface area (Å²) in [5.41, 5.74) is 7.12. The van der Waals surface area contributed by atoms with Gasteiger partial charge in [0.15, 0.2) is 11.5 Å². The highest BCUT2D eigenvalue weighted by Crippen LogP contribution is 2.28. The van der Waals surface area contributed by atoms with Gasteiger partial charge in [-0.05, 0) is 72.5 Å². The van der Waals surface area contributed by atoms with Crippen molar-refractivity contribution in [2.45, 2.75) is 32.6 Å². The lowest BCUT2D eigenvalue weighted by molar-refractivity contribution is 0.102. The van der Waals surface area contributed by atoms with E-state index in [1.165, 1.54) is 11.3 Å². The molecule has 1 aliphatic heterocycles. The maximum absolute atomic E-state index is 13.0. The molecule has 6 rings (SSSR count). The number of carbonyl (C=O) groups excluding carboxylic acids is 1. The third-order valence-corrected chi connectivity index (χ3v) is 7.64. The number of nitrogens with zero attached hydrogens (tertiary/aromatic N) is 4. The monoisotopic (exact) mass is 559 g/mol. The molecule has 42 heavy (non-hydrogen) atoms. The Kier molecular flexibility index (Phi) is 7.63. The quantitative estimate of drug-likeness (QED) is 0.221. The molecule has 8 nitrogen and oxygen atoms in total. The third kappa shape index (κ3) is 6.14. The average Bonchev–Trinajstić information content (AvgIpc) is 3.31. The van der Waals surface area contributed by atoms with E-state index in [9.17, 15) is 4.79 Å². The van der Waals surface area contributed by atoms with Crippen LogP contribution in [0, 0.1) is 0 Å². The van der Waals surface area contributed by atoms with Gasteiger partial charge in [-0.25, -0.2) is 9.97 Å². The van der Waals surface area contributed by atoms with Gasteiger partial charge in [-0.15, -0.1) is 0 Å². The van der Waals surface area contributed by atoms with Crippen molar-refractivity contribution in [1.82, 2.24) is 19.7 Å². The van der Waals surface area contributed by atoms with Crippen molar-refractivity contribution in [2.75, 3.05) is 41.7 Å². The molecular formula is C34H37N7O. The van der Waals surface area contributed by atoms with Crippen molar-refractivity contribution >= 4 is 34.4 Å². The van der Waals surface area contributed by atoms with Crippen molar-refractivity contribution in [3.05, 3.63) is 103 Å². The summed E-state index contributed by atoms with van der Waals surface area (Å²) in [5.74, 6) is 0.519. The molecule has 0 atom stereocenters. The van der Waals surface area contributed by atoms with E-state index >= 15 is 0 Å². The summed E-state index contributed by atoms with van der Waals surface area (Å²) >= 11 is 0. The van der Waals surface area contributed by atoms with Gasteiger partial charge in [0, 0.05) is 66.4 Å². The predicted octanol–water partition coefficient (Wildman–Crippen LogP) is 6.49. The molecule has 3 heterocycles. The van der Waals surface area contributed by atoms with Gasteiger partial charge in [-0.3, -0.25) is 4.79 Å². The minimum atomic E-state index is -0.145. The molecular weight excluding hydrogens is 522 g/mol. The Morgan fingerprint density at radius 1 is 0.929 bits per heavy atom. The van der Waals surface area contributed by atoms with Crippen LogP contribution in [0.2, 0.25) is 0 Å². The average molecular weight is 560 g/mol. The summed E-state index contributed by atoms with van der Waals surface area (Å²) in [6.45, 7) is 10.6. The SMILES string of the molecule is CC(C)(C)c1ccc(C(=O)Nc2cccc(-c3cn4ccnc4c(Nc4ccc(N5CCCNCC5)cc4)n3)c2)cc1. The summed E-state index contributed by atoms with van der Waals surface area (Å²) in [4.78, 5) is 24.9. The first-order valence-corrected chi connectivity index (χ1v) is 14.5. The maximum Gasteiger partial charge on any atom is 0.255 e. The molecule has 1 aliphatic rings. The molecule has 0 saturated carbocycles. The van der Waals surface area contributed by atoms with Crippen LogP contribution in [0.3, 0.4) is 0 Å². The van der Waals surface area contributed by atoms with Crippen LogP contribution in [-0.2, 0) is 5.41 Å². The largest absolute Gasteiger partial charge is 0.370 e. The van der Waals surface area contributed by atoms with Gasteiger partial charge in [0.05, 0.1) is 5.69 Å². The molecule has 0 unspecified atom stereocenters. The number of benzene rings is 3. The van der Waals surface area contributed by atoms with Crippen LogP contribution >= 0.6 is 0 Å². The fraction of sp³-hybridized carbons (Fsp3) is 0.265. The number of aromatic nitrogens is 3. The number of carbonyl (C=O) groups is 1. The molecule has 1 saturated heterocycles. The first-order valence-electron chi connectivity index (χ1n) is 14.5. The Bertz CT molecular complexity index is 1680. The summed E-state index contributed by atoms with van der Waals surface area (Å²) in [5, 5.41) is 9.97. The van der Waals surface area contributed by atoms with E-state index in [1.807, 2.05) is 65.3 Å². The molecule has 0 spiro atoms. The molecule has 1 amide bonds. The van der Waals surface area contributed by atoms with Gasteiger partial charge < -0.3 is 25.3 Å². The van der Waals surface area contributed by atoms with Crippen molar-refractivity contribution in [2.24, 2.45) is 0 Å². The van der Waals surface area contributed by atoms with E-state index in [0.717, 1.165) is 55.2 Å². The van der Waals surface area contributed by atoms with Crippen LogP contribution in [-0.4, -0.2) is 46.5 Å². The van der Waals surface area contributed by atoms with E-state index in [0.29, 0.717) is 17.1 Å². The summed E-state index contributed by atoms with van der Waals surface area (Å²) in [6.07, 6.45) is 6.78. The maximum atomic E-state index is 13.0. The van der Waals surface area contributed by atoms with E-state index in [4.69, 9.17) is 4.98 Å². The molecule has 1 fully saturated rings. The summed E-state index contributed by atoms with van der Waals surface area (Å²) in [7, 11) is 0. The van der Waals surface area contributed by atoms with Gasteiger partial charge in [0.1, 0.15) is 0 Å². The molecule has 3 aromatic carbocycles. The Labute approximate surface area is 246 Å². The van der Waals surface area contributed by atoms with E-state index in [1.54, 1.807) is 6.20 Å². The Morgan fingerprint density at radius 3 is 2.52 bits per heavy atom. The lowest BCUT2D eigenvalue weighted by Gasteiger charge is -2.22. The minimum Gasteiger partial charge on any atom is -0.370 e. The van der Waals surface area contributed by atoms with Gasteiger partial charge in [-0.1, -0.05) is 45.0 Å². The highest BCUT2D eigenvalue weighted by atomic mass is 16.1. The second-order valence-corrected chi connectivity index (χ2v) is 11.8. The number of fused-ring (bicyclic) bond motifs is 1. The number of hydrogen-bond donors (Lipinski definition) is 3. The van der Waals surface area contributed by atoms with E-state index in [2.05, 4.69) is 70.9 Å². The minimum absolute atomic E-state index is 0.0360. The first-order chi connectivity index (χ1) is 20.3. The number of rotatable bonds is 6. The number of hydrogen-bond acceptors (Lipinski definition) is 6. The van der Waals surface area contributed by atoms with Crippen molar-refractivity contribution < 1.29 is 4.79 Å². The predicted molar refractivity (Wildman–Crippen MR) is 171 cm³/mol. The van der Waals surface area contributed by atoms with Gasteiger partial charge in [0.2, 0.25) is 0 Å². The van der Waals surface area contributed by atoms with E-state index < -0.39 is 0 Å². The van der Waals surface area contributed by atoms with Crippen molar-refractivity contribution in [1.29, 1.82) is 0 Å². The highest BCUT2D eigenvalue weighted by Gasteiger charge is 2.16. The van der Waals surface area contributed by atoms with Crippen LogP contribution in [0.4, 0.5) is 22.9 Å². The lowest BCUT2D eigenvalue weighted by atomic mass is 9.87. The van der Waals surface area contributed by atoms with E-state index in [-0.39, 0.29) is 11.3 Å². The zero-order valence-electron chi connectivity index (χ0n) is 24.4. The van der Waals surface area contributed by atoms with Gasteiger partial charge >= 0.3 is 0 Å². The Hall–Kier alpha value is -4.69. The number of nitrogens with one attached hydrogen (secondary N) is 3. The standard InChI is InChI=1S/C34H37N7O/c1-34(2,3)26-10-8-24(9-11-26)33(42)38-28-7-4-6-25(22-28)30-23-41-21-18-36-32(41)31(39-30)37-27-12-14-29(15-13-27)40-19-5-16-35-17-20-40/h4,6-15,18,21-23,35H,5,16-17,19-20H2,1-3H3,(H,37,39)(H,38,42). The molecule has 5 aromatic rings. The van der Waals surface area contributed by atoms with Crippen molar-refractivity contribution in [3.8, 4) is 11.3 Å². The smallest absolute Gasteiger partial charge is 0.255 e. The first kappa shape index (κ1) is 27.5. The third-order valence-electron chi connectivity index (χ3n) is 7.64. The molecule has 214 valence electrons. The Morgan fingerprint density at radius 2 is 1.74 bits per heavy atom. The van der Waals surface area contributed by atoms with Gasteiger partial charge in [0.25, 0.3) is 5.91 Å². The number of anilines is 4. The summed E-state index contributed by atoms with van der Waals surface area (Å²) in [6, 6.07) is 24.0. The normalized spacial score (nSPS) is 14.0. The zero-order valence-corrected chi connectivity index (χ0v) is 24.4. The fourth-order valence-electron chi connectivity index (χ4n) is 5.23. The number of amides is 1. The van der Waals surface area contributed by atoms with Crippen LogP contribution < -0.4 is 20.9 Å².